The van der Waals surface area contributed by atoms with Crippen molar-refractivity contribution >= 4 is 47.8 Å². The van der Waals surface area contributed by atoms with Gasteiger partial charge in [-0.05, 0) is 49.2 Å². The maximum Gasteiger partial charge on any atom is 0.249 e. The summed E-state index contributed by atoms with van der Waals surface area (Å²) >= 11 is 6.85. The van der Waals surface area contributed by atoms with Crippen molar-refractivity contribution < 1.29 is 13.2 Å². The topological polar surface area (TPSA) is 80.5 Å². The summed E-state index contributed by atoms with van der Waals surface area (Å²) in [5.41, 5.74) is 6.85. The molecule has 5 nitrogen and oxygen atoms in total. The summed E-state index contributed by atoms with van der Waals surface area (Å²) in [5.74, 6) is -0.644. The predicted molar refractivity (Wildman–Crippen MR) is 110 cm³/mol. The number of amides is 1. The van der Waals surface area contributed by atoms with E-state index in [9.17, 15) is 13.2 Å². The fourth-order valence-corrected chi connectivity index (χ4v) is 5.65. The van der Waals surface area contributed by atoms with Gasteiger partial charge in [0.25, 0.3) is 0 Å². The summed E-state index contributed by atoms with van der Waals surface area (Å²) in [6.45, 7) is 3.38. The Morgan fingerprint density at radius 1 is 1.08 bits per heavy atom. The first kappa shape index (κ1) is 21.1. The molecule has 0 heterocycles. The van der Waals surface area contributed by atoms with Crippen molar-refractivity contribution in [3.05, 3.63) is 68.1 Å². The molecular weight excluding hydrogens is 484 g/mol. The average molecular weight is 504 g/mol. The number of nitrogens with zero attached hydrogens (tertiary/aromatic N) is 1. The molecule has 0 spiro atoms. The molecule has 2 aromatic carbocycles. The number of carbonyl (C=O) groups excluding carboxylic acids is 1. The Morgan fingerprint density at radius 2 is 1.62 bits per heavy atom. The van der Waals surface area contributed by atoms with Crippen LogP contribution in [0.25, 0.3) is 0 Å². The van der Waals surface area contributed by atoms with E-state index in [0.29, 0.717) is 5.56 Å². The zero-order valence-corrected chi connectivity index (χ0v) is 18.6. The number of halogens is 2. The minimum absolute atomic E-state index is 0.217. The lowest BCUT2D eigenvalue weighted by molar-refractivity contribution is 0.0999. The van der Waals surface area contributed by atoms with E-state index >= 15 is 0 Å². The van der Waals surface area contributed by atoms with Gasteiger partial charge in [-0.2, -0.15) is 4.31 Å². The zero-order valence-electron chi connectivity index (χ0n) is 14.6. The molecule has 2 unspecified atom stereocenters. The highest BCUT2D eigenvalue weighted by atomic mass is 79.9. The van der Waals surface area contributed by atoms with Crippen molar-refractivity contribution in [2.24, 2.45) is 5.73 Å². The van der Waals surface area contributed by atoms with E-state index in [1.807, 2.05) is 25.1 Å². The van der Waals surface area contributed by atoms with Crippen LogP contribution in [0.15, 0.2) is 51.4 Å². The van der Waals surface area contributed by atoms with Crippen LogP contribution in [0.4, 0.5) is 0 Å². The lowest BCUT2D eigenvalue weighted by Crippen LogP contribution is -2.33. The van der Waals surface area contributed by atoms with E-state index in [0.717, 1.165) is 14.5 Å². The molecule has 0 aliphatic heterocycles. The Hall–Kier alpha value is -1.22. The summed E-state index contributed by atoms with van der Waals surface area (Å²) in [5, 5.41) is -0.908. The second-order valence-corrected chi connectivity index (χ2v) is 10.2. The Balaban J connectivity index is 2.41. The Morgan fingerprint density at radius 3 is 2.15 bits per heavy atom. The van der Waals surface area contributed by atoms with Crippen LogP contribution >= 0.6 is 31.9 Å². The molecule has 26 heavy (non-hydrogen) atoms. The molecule has 0 saturated heterocycles. The second kappa shape index (κ2) is 8.21. The van der Waals surface area contributed by atoms with Crippen LogP contribution in [-0.2, 0) is 10.0 Å². The highest BCUT2D eigenvalue weighted by Crippen LogP contribution is 2.33. The van der Waals surface area contributed by atoms with Crippen molar-refractivity contribution in [3.8, 4) is 0 Å². The molecular formula is C18H20Br2N2O3S. The number of benzene rings is 2. The van der Waals surface area contributed by atoms with Gasteiger partial charge in [-0.25, -0.2) is 8.42 Å². The van der Waals surface area contributed by atoms with E-state index in [-0.39, 0.29) is 5.56 Å². The summed E-state index contributed by atoms with van der Waals surface area (Å²) in [6, 6.07) is 11.8. The minimum Gasteiger partial charge on any atom is -0.366 e. The van der Waals surface area contributed by atoms with Crippen LogP contribution in [0.2, 0.25) is 0 Å². The molecule has 8 heteroatoms. The first-order valence-corrected chi connectivity index (χ1v) is 11.0. The van der Waals surface area contributed by atoms with Crippen molar-refractivity contribution in [2.75, 3.05) is 7.05 Å². The molecule has 0 aliphatic carbocycles. The molecule has 2 aromatic rings. The van der Waals surface area contributed by atoms with Crippen LogP contribution < -0.4 is 5.73 Å². The molecule has 2 N–H and O–H groups in total. The summed E-state index contributed by atoms with van der Waals surface area (Å²) in [7, 11) is -2.19. The van der Waals surface area contributed by atoms with Crippen LogP contribution in [0.3, 0.4) is 0 Å². The van der Waals surface area contributed by atoms with Gasteiger partial charge in [0.1, 0.15) is 0 Å². The molecule has 0 fully saturated rings. The average Bonchev–Trinajstić information content (AvgIpc) is 2.58. The predicted octanol–water partition coefficient (Wildman–Crippen LogP) is 4.39. The van der Waals surface area contributed by atoms with Crippen LogP contribution in [0, 0.1) is 0 Å². The van der Waals surface area contributed by atoms with Crippen LogP contribution in [0.1, 0.15) is 46.6 Å². The van der Waals surface area contributed by atoms with E-state index in [1.165, 1.54) is 11.4 Å². The third-order valence-corrected chi connectivity index (χ3v) is 7.61. The van der Waals surface area contributed by atoms with Gasteiger partial charge < -0.3 is 5.73 Å². The fourth-order valence-electron chi connectivity index (χ4n) is 2.73. The van der Waals surface area contributed by atoms with Crippen molar-refractivity contribution in [3.63, 3.8) is 0 Å². The third-order valence-electron chi connectivity index (χ3n) is 4.43. The monoisotopic (exact) mass is 502 g/mol. The van der Waals surface area contributed by atoms with Gasteiger partial charge in [0, 0.05) is 27.6 Å². The summed E-state index contributed by atoms with van der Waals surface area (Å²) in [6.07, 6.45) is 0. The van der Waals surface area contributed by atoms with Gasteiger partial charge in [0.05, 0.1) is 5.25 Å². The van der Waals surface area contributed by atoms with Gasteiger partial charge in [-0.3, -0.25) is 4.79 Å². The third kappa shape index (κ3) is 4.36. The van der Waals surface area contributed by atoms with Gasteiger partial charge >= 0.3 is 0 Å². The Bertz CT molecular complexity index is 912. The van der Waals surface area contributed by atoms with Crippen molar-refractivity contribution in [1.29, 1.82) is 0 Å². The normalized spacial score (nSPS) is 14.2. The second-order valence-electron chi connectivity index (χ2n) is 6.03. The largest absolute Gasteiger partial charge is 0.366 e. The highest BCUT2D eigenvalue weighted by molar-refractivity contribution is 9.11. The molecule has 0 bridgehead atoms. The number of sulfonamides is 1. The lowest BCUT2D eigenvalue weighted by atomic mass is 10.0. The highest BCUT2D eigenvalue weighted by Gasteiger charge is 2.33. The number of primary amides is 1. The molecule has 0 aromatic heterocycles. The van der Waals surface area contributed by atoms with Gasteiger partial charge in [0.2, 0.25) is 15.9 Å². The number of hydrogen-bond acceptors (Lipinski definition) is 3. The van der Waals surface area contributed by atoms with Crippen LogP contribution in [0.5, 0.6) is 0 Å². The maximum atomic E-state index is 13.1. The standard InChI is InChI=1S/C18H20Br2N2O3S/c1-11(13-8-14(19)10-15(20)9-13)22(3)26(24,25)12(2)16-6-4-5-7-17(16)18(21)23/h4-12H,1-3H3,(H2,21,23). The zero-order chi connectivity index (χ0) is 19.6. The van der Waals surface area contributed by atoms with E-state index in [4.69, 9.17) is 5.73 Å². The van der Waals surface area contributed by atoms with Crippen molar-refractivity contribution in [2.45, 2.75) is 25.1 Å². The molecule has 2 rings (SSSR count). The molecule has 0 aliphatic rings. The van der Waals surface area contributed by atoms with Gasteiger partial charge in [-0.1, -0.05) is 50.1 Å². The number of hydrogen-bond donors (Lipinski definition) is 1. The first-order valence-electron chi connectivity index (χ1n) is 7.87. The molecule has 140 valence electrons. The number of nitrogens with two attached hydrogens (primary N) is 1. The minimum atomic E-state index is -3.73. The summed E-state index contributed by atoms with van der Waals surface area (Å²) in [4.78, 5) is 11.7. The maximum absolute atomic E-state index is 13.1. The Kier molecular flexibility index (Phi) is 6.65. The van der Waals surface area contributed by atoms with Gasteiger partial charge in [-0.15, -0.1) is 0 Å². The van der Waals surface area contributed by atoms with Crippen LogP contribution in [-0.4, -0.2) is 25.7 Å². The van der Waals surface area contributed by atoms with E-state index < -0.39 is 27.2 Å². The van der Waals surface area contributed by atoms with Crippen molar-refractivity contribution in [1.82, 2.24) is 4.31 Å². The summed E-state index contributed by atoms with van der Waals surface area (Å²) < 4.78 is 29.3. The smallest absolute Gasteiger partial charge is 0.249 e. The first-order chi connectivity index (χ1) is 12.1. The molecule has 0 saturated carbocycles. The Labute approximate surface area is 170 Å². The van der Waals surface area contributed by atoms with Gasteiger partial charge in [0.15, 0.2) is 0 Å². The lowest BCUT2D eigenvalue weighted by Gasteiger charge is -2.28. The number of rotatable bonds is 6. The SMILES string of the molecule is CC(c1cc(Br)cc(Br)c1)N(C)S(=O)(=O)C(C)c1ccccc1C(N)=O. The quantitative estimate of drug-likeness (QED) is 0.634. The van der Waals surface area contributed by atoms with E-state index in [1.54, 1.807) is 31.2 Å². The fraction of sp³-hybridized carbons (Fsp3) is 0.278. The number of carbonyl (C=O) groups is 1. The van der Waals surface area contributed by atoms with E-state index in [2.05, 4.69) is 31.9 Å². The molecule has 0 radical (unpaired) electrons. The molecule has 1 amide bonds. The molecule has 2 atom stereocenters.